The van der Waals surface area contributed by atoms with Gasteiger partial charge in [0.05, 0.1) is 17.5 Å². The maximum atomic E-state index is 11.6. The van der Waals surface area contributed by atoms with Crippen LogP contribution in [0.25, 0.3) is 11.4 Å². The fraction of sp³-hybridized carbons (Fsp3) is 0.417. The van der Waals surface area contributed by atoms with Crippen molar-refractivity contribution < 1.29 is 8.42 Å². The molecule has 0 bridgehead atoms. The molecule has 1 aromatic heterocycles. The van der Waals surface area contributed by atoms with Crippen LogP contribution in [-0.4, -0.2) is 40.1 Å². The highest BCUT2D eigenvalue weighted by Gasteiger charge is 2.31. The van der Waals surface area contributed by atoms with E-state index >= 15 is 0 Å². The largest absolute Gasteiger partial charge is 0.398 e. The van der Waals surface area contributed by atoms with Crippen molar-refractivity contribution in [1.82, 2.24) is 20.2 Å². The van der Waals surface area contributed by atoms with Crippen LogP contribution >= 0.6 is 0 Å². The highest BCUT2D eigenvalue weighted by atomic mass is 32.2. The standard InChI is InChI=1S/C12H15N5O2S/c1-8-2-3-9(6-11(8)13)12-14-15-16-17(12)10-4-5-20(18,19)7-10/h2-3,6,10H,4-5,7,13H2,1H3. The maximum absolute atomic E-state index is 11.6. The third-order valence-corrected chi connectivity index (χ3v) is 5.33. The van der Waals surface area contributed by atoms with Gasteiger partial charge in [-0.2, -0.15) is 0 Å². The summed E-state index contributed by atoms with van der Waals surface area (Å²) in [4.78, 5) is 0. The van der Waals surface area contributed by atoms with Gasteiger partial charge in [-0.05, 0) is 35.4 Å². The highest BCUT2D eigenvalue weighted by molar-refractivity contribution is 7.91. The van der Waals surface area contributed by atoms with E-state index in [2.05, 4.69) is 15.5 Å². The molecule has 20 heavy (non-hydrogen) atoms. The predicted octanol–water partition coefficient (Wildman–Crippen LogP) is 0.590. The van der Waals surface area contributed by atoms with Crippen molar-refractivity contribution in [3.8, 4) is 11.4 Å². The van der Waals surface area contributed by atoms with Crippen LogP contribution < -0.4 is 5.73 Å². The van der Waals surface area contributed by atoms with Gasteiger partial charge in [-0.15, -0.1) is 5.10 Å². The van der Waals surface area contributed by atoms with Crippen molar-refractivity contribution in [3.63, 3.8) is 0 Å². The van der Waals surface area contributed by atoms with Gasteiger partial charge >= 0.3 is 0 Å². The van der Waals surface area contributed by atoms with Crippen molar-refractivity contribution >= 4 is 15.5 Å². The molecule has 106 valence electrons. The fourth-order valence-electron chi connectivity index (χ4n) is 2.38. The molecule has 1 atom stereocenters. The summed E-state index contributed by atoms with van der Waals surface area (Å²) in [6, 6.07) is 5.39. The van der Waals surface area contributed by atoms with E-state index in [-0.39, 0.29) is 17.5 Å². The van der Waals surface area contributed by atoms with E-state index in [1.807, 2.05) is 19.1 Å². The van der Waals surface area contributed by atoms with Crippen LogP contribution in [0.2, 0.25) is 0 Å². The molecular weight excluding hydrogens is 278 g/mol. The molecule has 1 aromatic carbocycles. The number of sulfone groups is 1. The van der Waals surface area contributed by atoms with E-state index in [0.717, 1.165) is 11.1 Å². The number of benzene rings is 1. The Morgan fingerprint density at radius 1 is 1.40 bits per heavy atom. The molecule has 3 rings (SSSR count). The van der Waals surface area contributed by atoms with Crippen LogP contribution in [0.1, 0.15) is 18.0 Å². The van der Waals surface area contributed by atoms with Gasteiger partial charge in [0, 0.05) is 11.3 Å². The van der Waals surface area contributed by atoms with Crippen LogP contribution in [0, 0.1) is 6.92 Å². The van der Waals surface area contributed by atoms with Crippen LogP contribution in [-0.2, 0) is 9.84 Å². The molecule has 8 heteroatoms. The maximum Gasteiger partial charge on any atom is 0.182 e. The molecule has 2 heterocycles. The fourth-order valence-corrected chi connectivity index (χ4v) is 4.07. The van der Waals surface area contributed by atoms with Crippen molar-refractivity contribution in [1.29, 1.82) is 0 Å². The first-order valence-corrected chi connectivity index (χ1v) is 8.13. The number of tetrazole rings is 1. The summed E-state index contributed by atoms with van der Waals surface area (Å²) in [6.45, 7) is 1.92. The van der Waals surface area contributed by atoms with Crippen molar-refractivity contribution in [3.05, 3.63) is 23.8 Å². The number of aromatic nitrogens is 4. The first-order valence-electron chi connectivity index (χ1n) is 6.31. The summed E-state index contributed by atoms with van der Waals surface area (Å²) >= 11 is 0. The molecule has 1 unspecified atom stereocenters. The average molecular weight is 293 g/mol. The van der Waals surface area contributed by atoms with Crippen molar-refractivity contribution in [2.24, 2.45) is 0 Å². The van der Waals surface area contributed by atoms with Crippen LogP contribution in [0.5, 0.6) is 0 Å². The number of rotatable bonds is 2. The Morgan fingerprint density at radius 3 is 2.85 bits per heavy atom. The highest BCUT2D eigenvalue weighted by Crippen LogP contribution is 2.28. The summed E-state index contributed by atoms with van der Waals surface area (Å²) in [7, 11) is -2.98. The third-order valence-electron chi connectivity index (χ3n) is 3.58. The minimum Gasteiger partial charge on any atom is -0.398 e. The molecule has 1 saturated heterocycles. The van der Waals surface area contributed by atoms with Gasteiger partial charge < -0.3 is 5.73 Å². The Morgan fingerprint density at radius 2 is 2.20 bits per heavy atom. The minimum absolute atomic E-state index is 0.0897. The van der Waals surface area contributed by atoms with Crippen LogP contribution in [0.4, 0.5) is 5.69 Å². The average Bonchev–Trinajstić information content (AvgIpc) is 2.98. The van der Waals surface area contributed by atoms with E-state index < -0.39 is 9.84 Å². The van der Waals surface area contributed by atoms with Gasteiger partial charge in [-0.3, -0.25) is 0 Å². The number of anilines is 1. The second-order valence-corrected chi connectivity index (χ2v) is 7.30. The number of hydrogen-bond donors (Lipinski definition) is 1. The zero-order valence-electron chi connectivity index (χ0n) is 11.0. The summed E-state index contributed by atoms with van der Waals surface area (Å²) in [6.07, 6.45) is 0.543. The summed E-state index contributed by atoms with van der Waals surface area (Å²) < 4.78 is 24.8. The first kappa shape index (κ1) is 13.0. The molecule has 7 nitrogen and oxygen atoms in total. The van der Waals surface area contributed by atoms with Crippen molar-refractivity contribution in [2.45, 2.75) is 19.4 Å². The molecule has 0 amide bonds. The molecule has 0 saturated carbocycles. The number of nitrogens with zero attached hydrogens (tertiary/aromatic N) is 4. The molecule has 0 spiro atoms. The second-order valence-electron chi connectivity index (χ2n) is 5.08. The molecule has 2 N–H and O–H groups in total. The quantitative estimate of drug-likeness (QED) is 0.813. The summed E-state index contributed by atoms with van der Waals surface area (Å²) in [5.74, 6) is 0.832. The summed E-state index contributed by atoms with van der Waals surface area (Å²) in [5, 5.41) is 11.6. The SMILES string of the molecule is Cc1ccc(-c2nnnn2C2CCS(=O)(=O)C2)cc1N. The predicted molar refractivity (Wildman–Crippen MR) is 74.7 cm³/mol. The van der Waals surface area contributed by atoms with Gasteiger partial charge in [-0.25, -0.2) is 13.1 Å². The zero-order chi connectivity index (χ0) is 14.3. The smallest absolute Gasteiger partial charge is 0.182 e. The van der Waals surface area contributed by atoms with E-state index in [0.29, 0.717) is 17.9 Å². The topological polar surface area (TPSA) is 104 Å². The Labute approximate surface area is 116 Å². The molecule has 0 aliphatic carbocycles. The third kappa shape index (κ3) is 2.26. The Kier molecular flexibility index (Phi) is 2.97. The lowest BCUT2D eigenvalue weighted by Gasteiger charge is -2.11. The summed E-state index contributed by atoms with van der Waals surface area (Å²) in [5.41, 5.74) is 8.34. The molecule has 1 aliphatic rings. The van der Waals surface area contributed by atoms with E-state index in [1.54, 1.807) is 10.7 Å². The lowest BCUT2D eigenvalue weighted by atomic mass is 10.1. The van der Waals surface area contributed by atoms with E-state index in [1.165, 1.54) is 0 Å². The number of nitrogen functional groups attached to an aromatic ring is 1. The van der Waals surface area contributed by atoms with Gasteiger partial charge in [-0.1, -0.05) is 12.1 Å². The lowest BCUT2D eigenvalue weighted by Crippen LogP contribution is -2.14. The Hall–Kier alpha value is -1.96. The Balaban J connectivity index is 2.00. The lowest BCUT2D eigenvalue weighted by molar-refractivity contribution is 0.489. The zero-order valence-corrected chi connectivity index (χ0v) is 11.8. The van der Waals surface area contributed by atoms with Crippen LogP contribution in [0.3, 0.4) is 0 Å². The van der Waals surface area contributed by atoms with E-state index in [9.17, 15) is 8.42 Å². The molecule has 0 radical (unpaired) electrons. The van der Waals surface area contributed by atoms with E-state index in [4.69, 9.17) is 5.73 Å². The van der Waals surface area contributed by atoms with Crippen molar-refractivity contribution in [2.75, 3.05) is 17.2 Å². The normalized spacial score (nSPS) is 21.1. The minimum atomic E-state index is -2.98. The monoisotopic (exact) mass is 293 g/mol. The molecular formula is C12H15N5O2S. The van der Waals surface area contributed by atoms with Gasteiger partial charge in [0.25, 0.3) is 0 Å². The Bertz CT molecular complexity index is 753. The number of hydrogen-bond acceptors (Lipinski definition) is 6. The molecule has 1 fully saturated rings. The molecule has 2 aromatic rings. The number of nitrogens with two attached hydrogens (primary N) is 1. The second kappa shape index (κ2) is 4.55. The van der Waals surface area contributed by atoms with Gasteiger partial charge in [0.15, 0.2) is 15.7 Å². The molecule has 1 aliphatic heterocycles. The first-order chi connectivity index (χ1) is 9.46. The van der Waals surface area contributed by atoms with Gasteiger partial charge in [0.2, 0.25) is 0 Å². The number of aryl methyl sites for hydroxylation is 1. The van der Waals surface area contributed by atoms with Crippen LogP contribution in [0.15, 0.2) is 18.2 Å². The van der Waals surface area contributed by atoms with Gasteiger partial charge in [0.1, 0.15) is 0 Å².